The zero-order chi connectivity index (χ0) is 15.7. The zero-order valence-corrected chi connectivity index (χ0v) is 13.4. The van der Waals surface area contributed by atoms with E-state index in [2.05, 4.69) is 40.0 Å². The van der Waals surface area contributed by atoms with Gasteiger partial charge in [-0.15, -0.1) is 0 Å². The third-order valence-electron chi connectivity index (χ3n) is 4.18. The van der Waals surface area contributed by atoms with Gasteiger partial charge in [0.2, 0.25) is 0 Å². The first-order valence-corrected chi connectivity index (χ1v) is 7.40. The Balaban J connectivity index is 2.72. The molecule has 0 amide bonds. The van der Waals surface area contributed by atoms with Crippen LogP contribution in [0.15, 0.2) is 47.8 Å². The minimum absolute atomic E-state index is 0.173. The van der Waals surface area contributed by atoms with E-state index >= 15 is 0 Å². The smallest absolute Gasteiger partial charge is 0.127 e. The summed E-state index contributed by atoms with van der Waals surface area (Å²) in [5.74, 6) is 0.271. The number of hydrogen-bond acceptors (Lipinski definition) is 0. The molecule has 0 spiro atoms. The molecule has 0 unspecified atom stereocenters. The Labute approximate surface area is 126 Å². The summed E-state index contributed by atoms with van der Waals surface area (Å²) in [7, 11) is 0. The SMILES string of the molecule is C=C1C/C1=C(\C(F)=C/C)c1ccc(=C)/c(=C(\C)C(C)C)c1. The van der Waals surface area contributed by atoms with Gasteiger partial charge in [-0.2, -0.15) is 0 Å². The number of halogens is 1. The van der Waals surface area contributed by atoms with Crippen molar-refractivity contribution in [2.75, 3.05) is 0 Å². The van der Waals surface area contributed by atoms with E-state index in [4.69, 9.17) is 0 Å². The van der Waals surface area contributed by atoms with Gasteiger partial charge in [-0.05, 0) is 59.4 Å². The topological polar surface area (TPSA) is 0 Å². The van der Waals surface area contributed by atoms with Crippen LogP contribution in [-0.4, -0.2) is 0 Å². The van der Waals surface area contributed by atoms with Crippen molar-refractivity contribution in [3.05, 3.63) is 63.8 Å². The summed E-state index contributed by atoms with van der Waals surface area (Å²) in [5.41, 5.74) is 4.96. The highest BCUT2D eigenvalue weighted by atomic mass is 19.1. The van der Waals surface area contributed by atoms with Crippen molar-refractivity contribution in [1.29, 1.82) is 0 Å². The second-order valence-corrected chi connectivity index (χ2v) is 5.98. The molecule has 1 aliphatic carbocycles. The molecule has 1 aromatic rings. The van der Waals surface area contributed by atoms with Crippen molar-refractivity contribution in [1.82, 2.24) is 0 Å². The summed E-state index contributed by atoms with van der Waals surface area (Å²) in [6, 6.07) is 6.00. The second kappa shape index (κ2) is 5.85. The van der Waals surface area contributed by atoms with Gasteiger partial charge in [0.1, 0.15) is 5.83 Å². The number of allylic oxidation sites excluding steroid dienone is 5. The Morgan fingerprint density at radius 3 is 2.38 bits per heavy atom. The predicted molar refractivity (Wildman–Crippen MR) is 90.7 cm³/mol. The molecule has 0 N–H and O–H groups in total. The maximum Gasteiger partial charge on any atom is 0.127 e. The molecule has 110 valence electrons. The van der Waals surface area contributed by atoms with E-state index in [9.17, 15) is 4.39 Å². The van der Waals surface area contributed by atoms with Gasteiger partial charge in [0.25, 0.3) is 0 Å². The lowest BCUT2D eigenvalue weighted by atomic mass is 9.96. The average Bonchev–Trinajstić information content (AvgIpc) is 3.16. The molecule has 1 aromatic carbocycles. The lowest BCUT2D eigenvalue weighted by Crippen LogP contribution is -2.26. The van der Waals surface area contributed by atoms with E-state index in [1.54, 1.807) is 6.92 Å². The molecule has 1 heteroatoms. The predicted octanol–water partition coefficient (Wildman–Crippen LogP) is 4.51. The molecule has 0 aromatic heterocycles. The quantitative estimate of drug-likeness (QED) is 0.765. The maximum atomic E-state index is 14.3. The fourth-order valence-corrected chi connectivity index (χ4v) is 2.45. The summed E-state index contributed by atoms with van der Waals surface area (Å²) in [6.07, 6.45) is 2.33. The van der Waals surface area contributed by atoms with Crippen LogP contribution in [-0.2, 0) is 0 Å². The molecular formula is C20H23F. The third kappa shape index (κ3) is 3.07. The highest BCUT2D eigenvalue weighted by Crippen LogP contribution is 2.44. The van der Waals surface area contributed by atoms with Gasteiger partial charge in [0.15, 0.2) is 0 Å². The first kappa shape index (κ1) is 15.5. The summed E-state index contributed by atoms with van der Waals surface area (Å²) in [6.45, 7) is 16.2. The van der Waals surface area contributed by atoms with Crippen molar-refractivity contribution in [2.24, 2.45) is 5.92 Å². The van der Waals surface area contributed by atoms with E-state index in [0.29, 0.717) is 11.5 Å². The highest BCUT2D eigenvalue weighted by molar-refractivity contribution is 5.86. The van der Waals surface area contributed by atoms with Crippen molar-refractivity contribution in [3.8, 4) is 0 Å². The van der Waals surface area contributed by atoms with E-state index < -0.39 is 0 Å². The van der Waals surface area contributed by atoms with E-state index in [1.165, 1.54) is 11.6 Å². The highest BCUT2D eigenvalue weighted by Gasteiger charge is 2.26. The van der Waals surface area contributed by atoms with Gasteiger partial charge in [-0.25, -0.2) is 4.39 Å². The lowest BCUT2D eigenvalue weighted by molar-refractivity contribution is 0.671. The molecule has 1 fully saturated rings. The van der Waals surface area contributed by atoms with Gasteiger partial charge >= 0.3 is 0 Å². The van der Waals surface area contributed by atoms with Crippen LogP contribution in [0, 0.1) is 5.92 Å². The Morgan fingerprint density at radius 1 is 1.29 bits per heavy atom. The maximum absolute atomic E-state index is 14.3. The van der Waals surface area contributed by atoms with Crippen molar-refractivity contribution in [2.45, 2.75) is 34.1 Å². The van der Waals surface area contributed by atoms with Gasteiger partial charge in [0, 0.05) is 5.57 Å². The van der Waals surface area contributed by atoms with E-state index in [0.717, 1.165) is 33.6 Å². The van der Waals surface area contributed by atoms with Gasteiger partial charge in [-0.3, -0.25) is 0 Å². The Morgan fingerprint density at radius 2 is 1.90 bits per heavy atom. The molecule has 21 heavy (non-hydrogen) atoms. The summed E-state index contributed by atoms with van der Waals surface area (Å²) < 4.78 is 14.3. The minimum Gasteiger partial charge on any atom is -0.207 e. The average molecular weight is 282 g/mol. The fourth-order valence-electron chi connectivity index (χ4n) is 2.45. The first-order valence-electron chi connectivity index (χ1n) is 7.40. The summed E-state index contributed by atoms with van der Waals surface area (Å²) in [5, 5.41) is 2.11. The lowest BCUT2D eigenvalue weighted by Gasteiger charge is -2.09. The molecule has 1 saturated carbocycles. The Kier molecular flexibility index (Phi) is 4.32. The number of rotatable bonds is 3. The van der Waals surface area contributed by atoms with Gasteiger partial charge < -0.3 is 0 Å². The molecule has 0 radical (unpaired) electrons. The van der Waals surface area contributed by atoms with Crippen molar-refractivity contribution >= 4 is 17.7 Å². The largest absolute Gasteiger partial charge is 0.207 e. The molecule has 0 bridgehead atoms. The third-order valence-corrected chi connectivity index (χ3v) is 4.18. The fraction of sp³-hybridized carbons (Fsp3) is 0.300. The standard InChI is InChI=1S/C20H23F/c1-7-19(21)20(18-10-14(18)5)16-9-8-13(4)17(11-16)15(6)12(2)3/h7-9,11-12H,4-5,10H2,1-3,6H3/b17-15+,19-7+,20-18+. The second-order valence-electron chi connectivity index (χ2n) is 5.98. The van der Waals surface area contributed by atoms with Crippen LogP contribution in [0.4, 0.5) is 4.39 Å². The number of hydrogen-bond donors (Lipinski definition) is 0. The molecule has 0 atom stereocenters. The van der Waals surface area contributed by atoms with Gasteiger partial charge in [0.05, 0.1) is 0 Å². The van der Waals surface area contributed by atoms with E-state index in [1.807, 2.05) is 12.1 Å². The normalized spacial score (nSPS) is 19.0. The van der Waals surface area contributed by atoms with Crippen LogP contribution in [0.3, 0.4) is 0 Å². The van der Waals surface area contributed by atoms with Crippen LogP contribution in [0.2, 0.25) is 0 Å². The van der Waals surface area contributed by atoms with Crippen molar-refractivity contribution in [3.63, 3.8) is 0 Å². The molecule has 0 saturated heterocycles. The monoisotopic (exact) mass is 282 g/mol. The van der Waals surface area contributed by atoms with E-state index in [-0.39, 0.29) is 5.83 Å². The van der Waals surface area contributed by atoms with Crippen LogP contribution < -0.4 is 10.4 Å². The minimum atomic E-state index is -0.173. The van der Waals surface area contributed by atoms with Crippen LogP contribution in [0.25, 0.3) is 17.7 Å². The van der Waals surface area contributed by atoms with Gasteiger partial charge in [-0.1, -0.05) is 50.8 Å². The first-order chi connectivity index (χ1) is 9.86. The Bertz CT molecular complexity index is 758. The molecule has 2 rings (SSSR count). The van der Waals surface area contributed by atoms with Crippen molar-refractivity contribution < 1.29 is 4.39 Å². The molecule has 0 nitrogen and oxygen atoms in total. The summed E-state index contributed by atoms with van der Waals surface area (Å²) >= 11 is 0. The zero-order valence-electron chi connectivity index (χ0n) is 13.4. The number of benzene rings is 1. The van der Waals surface area contributed by atoms with Crippen LogP contribution >= 0.6 is 0 Å². The molecule has 0 aliphatic heterocycles. The Hall–Kier alpha value is -1.89. The van der Waals surface area contributed by atoms with Crippen LogP contribution in [0.5, 0.6) is 0 Å². The summed E-state index contributed by atoms with van der Waals surface area (Å²) in [4.78, 5) is 0. The van der Waals surface area contributed by atoms with Crippen LogP contribution in [0.1, 0.15) is 39.7 Å². The molecule has 1 aliphatic rings. The molecule has 0 heterocycles. The molecular weight excluding hydrogens is 259 g/mol.